The van der Waals surface area contributed by atoms with Crippen LogP contribution in [-0.4, -0.2) is 18.2 Å². The smallest absolute Gasteiger partial charge is 0.335 e. The number of ether oxygens (including phenoxy) is 2. The van der Waals surface area contributed by atoms with Gasteiger partial charge in [0.15, 0.2) is 11.5 Å². The molecule has 0 amide bonds. The number of methoxy groups -OCH3 is 1. The standard InChI is InChI=1S/C23H21Cl2NO4/c1-14-3-6-17(23(27)28)11-20(14)26-12-15-5-8-21(22(10-15)29-2)30-13-16-4-7-18(24)19(25)9-16/h3-11,26H,12-13H2,1-2H3,(H,27,28). The fourth-order valence-electron chi connectivity index (χ4n) is 2.87. The quantitative estimate of drug-likeness (QED) is 0.431. The van der Waals surface area contributed by atoms with E-state index in [9.17, 15) is 9.90 Å². The van der Waals surface area contributed by atoms with E-state index < -0.39 is 5.97 Å². The van der Waals surface area contributed by atoms with Gasteiger partial charge in [-0.15, -0.1) is 0 Å². The van der Waals surface area contributed by atoms with Crippen molar-refractivity contribution in [1.29, 1.82) is 0 Å². The van der Waals surface area contributed by atoms with Gasteiger partial charge in [-0.2, -0.15) is 0 Å². The number of aryl methyl sites for hydroxylation is 1. The van der Waals surface area contributed by atoms with Crippen LogP contribution < -0.4 is 14.8 Å². The second-order valence-electron chi connectivity index (χ2n) is 6.71. The Morgan fingerprint density at radius 2 is 1.73 bits per heavy atom. The number of aromatic carboxylic acids is 1. The first-order valence-electron chi connectivity index (χ1n) is 9.19. The summed E-state index contributed by atoms with van der Waals surface area (Å²) in [6.45, 7) is 2.76. The first-order chi connectivity index (χ1) is 14.4. The molecular weight excluding hydrogens is 425 g/mol. The Morgan fingerprint density at radius 1 is 0.967 bits per heavy atom. The minimum absolute atomic E-state index is 0.242. The third kappa shape index (κ3) is 5.38. The lowest BCUT2D eigenvalue weighted by Crippen LogP contribution is -2.04. The monoisotopic (exact) mass is 445 g/mol. The van der Waals surface area contributed by atoms with Gasteiger partial charge >= 0.3 is 5.97 Å². The highest BCUT2D eigenvalue weighted by Gasteiger charge is 2.09. The van der Waals surface area contributed by atoms with Crippen LogP contribution in [0, 0.1) is 6.92 Å². The average Bonchev–Trinajstić information content (AvgIpc) is 2.74. The van der Waals surface area contributed by atoms with Crippen molar-refractivity contribution >= 4 is 34.9 Å². The van der Waals surface area contributed by atoms with Crippen molar-refractivity contribution in [2.24, 2.45) is 0 Å². The van der Waals surface area contributed by atoms with Crippen LogP contribution in [0.4, 0.5) is 5.69 Å². The third-order valence-corrected chi connectivity index (χ3v) is 5.31. The highest BCUT2D eigenvalue weighted by Crippen LogP contribution is 2.30. The van der Waals surface area contributed by atoms with Crippen molar-refractivity contribution in [2.75, 3.05) is 12.4 Å². The van der Waals surface area contributed by atoms with E-state index in [1.165, 1.54) is 0 Å². The number of anilines is 1. The Balaban J connectivity index is 1.69. The zero-order valence-corrected chi connectivity index (χ0v) is 18.1. The average molecular weight is 446 g/mol. The number of rotatable bonds is 8. The molecule has 0 aliphatic carbocycles. The van der Waals surface area contributed by atoms with Gasteiger partial charge in [-0.25, -0.2) is 4.79 Å². The van der Waals surface area contributed by atoms with Gasteiger partial charge in [-0.05, 0) is 60.0 Å². The normalized spacial score (nSPS) is 10.5. The van der Waals surface area contributed by atoms with Gasteiger partial charge in [-0.1, -0.05) is 41.4 Å². The molecule has 0 bridgehead atoms. The van der Waals surface area contributed by atoms with Gasteiger partial charge < -0.3 is 19.9 Å². The maximum Gasteiger partial charge on any atom is 0.335 e. The summed E-state index contributed by atoms with van der Waals surface area (Å²) in [5.41, 5.74) is 3.84. The predicted molar refractivity (Wildman–Crippen MR) is 119 cm³/mol. The topological polar surface area (TPSA) is 67.8 Å². The maximum atomic E-state index is 11.2. The first-order valence-corrected chi connectivity index (χ1v) is 9.94. The van der Waals surface area contributed by atoms with Gasteiger partial charge in [-0.3, -0.25) is 0 Å². The van der Waals surface area contributed by atoms with Crippen LogP contribution in [-0.2, 0) is 13.2 Å². The summed E-state index contributed by atoms with van der Waals surface area (Å²) in [6, 6.07) is 16.0. The lowest BCUT2D eigenvalue weighted by molar-refractivity contribution is 0.0697. The Bertz CT molecular complexity index is 1070. The van der Waals surface area contributed by atoms with E-state index in [0.29, 0.717) is 34.7 Å². The minimum Gasteiger partial charge on any atom is -0.493 e. The number of nitrogens with one attached hydrogen (secondary N) is 1. The number of carboxylic acid groups (broad SMARTS) is 1. The highest BCUT2D eigenvalue weighted by atomic mass is 35.5. The summed E-state index contributed by atoms with van der Waals surface area (Å²) in [5, 5.41) is 13.4. The Morgan fingerprint density at radius 3 is 2.43 bits per heavy atom. The molecule has 0 fully saturated rings. The summed E-state index contributed by atoms with van der Waals surface area (Å²) in [4.78, 5) is 11.2. The molecule has 0 aliphatic rings. The maximum absolute atomic E-state index is 11.2. The molecule has 0 saturated carbocycles. The molecule has 0 spiro atoms. The molecule has 7 heteroatoms. The van der Waals surface area contributed by atoms with Gasteiger partial charge in [0.25, 0.3) is 0 Å². The molecule has 3 aromatic rings. The van der Waals surface area contributed by atoms with Crippen molar-refractivity contribution in [3.63, 3.8) is 0 Å². The zero-order chi connectivity index (χ0) is 21.7. The summed E-state index contributed by atoms with van der Waals surface area (Å²) >= 11 is 12.0. The second-order valence-corrected chi connectivity index (χ2v) is 7.53. The number of carboxylic acids is 1. The molecule has 3 aromatic carbocycles. The summed E-state index contributed by atoms with van der Waals surface area (Å²) in [6.07, 6.45) is 0. The summed E-state index contributed by atoms with van der Waals surface area (Å²) in [7, 11) is 1.58. The van der Waals surface area contributed by atoms with Crippen LogP contribution in [0.2, 0.25) is 10.0 Å². The van der Waals surface area contributed by atoms with Crippen molar-refractivity contribution in [3.05, 3.63) is 86.9 Å². The number of hydrogen-bond acceptors (Lipinski definition) is 4. The van der Waals surface area contributed by atoms with E-state index in [1.807, 2.05) is 31.2 Å². The van der Waals surface area contributed by atoms with Crippen LogP contribution in [0.1, 0.15) is 27.0 Å². The SMILES string of the molecule is COc1cc(CNc2cc(C(=O)O)ccc2C)ccc1OCc1ccc(Cl)c(Cl)c1. The highest BCUT2D eigenvalue weighted by molar-refractivity contribution is 6.42. The summed E-state index contributed by atoms with van der Waals surface area (Å²) in [5.74, 6) is 0.255. The van der Waals surface area contributed by atoms with Gasteiger partial charge in [0.05, 0.1) is 22.7 Å². The Hall–Kier alpha value is -2.89. The van der Waals surface area contributed by atoms with Crippen LogP contribution >= 0.6 is 23.2 Å². The van der Waals surface area contributed by atoms with Gasteiger partial charge in [0.1, 0.15) is 6.61 Å². The third-order valence-electron chi connectivity index (χ3n) is 4.57. The first kappa shape index (κ1) is 21.8. The second kappa shape index (κ2) is 9.74. The number of benzene rings is 3. The lowest BCUT2D eigenvalue weighted by Gasteiger charge is -2.14. The zero-order valence-electron chi connectivity index (χ0n) is 16.5. The van der Waals surface area contributed by atoms with E-state index in [4.69, 9.17) is 32.7 Å². The molecular formula is C23H21Cl2NO4. The van der Waals surface area contributed by atoms with Crippen molar-refractivity contribution in [1.82, 2.24) is 0 Å². The molecule has 0 unspecified atom stereocenters. The molecule has 0 radical (unpaired) electrons. The van der Waals surface area contributed by atoms with Crippen LogP contribution in [0.3, 0.4) is 0 Å². The largest absolute Gasteiger partial charge is 0.493 e. The van der Waals surface area contributed by atoms with E-state index in [1.54, 1.807) is 37.4 Å². The van der Waals surface area contributed by atoms with Gasteiger partial charge in [0, 0.05) is 12.2 Å². The molecule has 30 heavy (non-hydrogen) atoms. The van der Waals surface area contributed by atoms with Crippen molar-refractivity contribution < 1.29 is 19.4 Å². The fourth-order valence-corrected chi connectivity index (χ4v) is 3.20. The number of carbonyl (C=O) groups is 1. The van der Waals surface area contributed by atoms with Crippen LogP contribution in [0.5, 0.6) is 11.5 Å². The Kier molecular flexibility index (Phi) is 7.08. The number of hydrogen-bond donors (Lipinski definition) is 2. The summed E-state index contributed by atoms with van der Waals surface area (Å²) < 4.78 is 11.3. The predicted octanol–water partition coefficient (Wildman–Crippen LogP) is 6.20. The minimum atomic E-state index is -0.955. The molecule has 0 aliphatic heterocycles. The number of halogens is 2. The van der Waals surface area contributed by atoms with Crippen LogP contribution in [0.25, 0.3) is 0 Å². The molecule has 0 heterocycles. The van der Waals surface area contributed by atoms with E-state index in [-0.39, 0.29) is 5.56 Å². The molecule has 5 nitrogen and oxygen atoms in total. The van der Waals surface area contributed by atoms with Gasteiger partial charge in [0.2, 0.25) is 0 Å². The fraction of sp³-hybridized carbons (Fsp3) is 0.174. The lowest BCUT2D eigenvalue weighted by atomic mass is 10.1. The molecule has 156 valence electrons. The molecule has 2 N–H and O–H groups in total. The Labute approximate surface area is 185 Å². The molecule has 0 saturated heterocycles. The molecule has 0 atom stereocenters. The van der Waals surface area contributed by atoms with E-state index in [2.05, 4.69) is 5.32 Å². The molecule has 0 aromatic heterocycles. The molecule has 3 rings (SSSR count). The van der Waals surface area contributed by atoms with Crippen LogP contribution in [0.15, 0.2) is 54.6 Å². The van der Waals surface area contributed by atoms with Crippen molar-refractivity contribution in [2.45, 2.75) is 20.1 Å². The van der Waals surface area contributed by atoms with E-state index >= 15 is 0 Å². The van der Waals surface area contributed by atoms with Crippen molar-refractivity contribution in [3.8, 4) is 11.5 Å². The van der Waals surface area contributed by atoms with E-state index in [0.717, 1.165) is 22.4 Å².